The maximum atomic E-state index is 11.4. The van der Waals surface area contributed by atoms with Crippen LogP contribution in [-0.4, -0.2) is 30.6 Å². The van der Waals surface area contributed by atoms with Crippen LogP contribution in [0.4, 0.5) is 0 Å². The van der Waals surface area contributed by atoms with Gasteiger partial charge in [0.15, 0.2) is 13.2 Å². The molecular formula is C15H18N2O4. The number of hydrogen-bond donors (Lipinski definition) is 1. The highest BCUT2D eigenvalue weighted by atomic mass is 16.6. The van der Waals surface area contributed by atoms with Gasteiger partial charge < -0.3 is 14.8 Å². The Hall–Kier alpha value is -2.55. The van der Waals surface area contributed by atoms with Crippen molar-refractivity contribution in [3.8, 4) is 11.8 Å². The van der Waals surface area contributed by atoms with Crippen LogP contribution in [0.25, 0.3) is 0 Å². The topological polar surface area (TPSA) is 88.4 Å². The van der Waals surface area contributed by atoms with Crippen LogP contribution in [0.3, 0.4) is 0 Å². The summed E-state index contributed by atoms with van der Waals surface area (Å²) in [6.07, 6.45) is 0. The van der Waals surface area contributed by atoms with Gasteiger partial charge in [-0.15, -0.1) is 0 Å². The van der Waals surface area contributed by atoms with Crippen molar-refractivity contribution in [2.45, 2.75) is 26.3 Å². The van der Waals surface area contributed by atoms with Gasteiger partial charge in [-0.3, -0.25) is 4.79 Å². The van der Waals surface area contributed by atoms with Gasteiger partial charge in [0.25, 0.3) is 5.91 Å². The Morgan fingerprint density at radius 3 is 2.33 bits per heavy atom. The van der Waals surface area contributed by atoms with Gasteiger partial charge in [0, 0.05) is 5.54 Å². The number of nitriles is 1. The van der Waals surface area contributed by atoms with Crippen molar-refractivity contribution in [2.75, 3.05) is 13.2 Å². The minimum Gasteiger partial charge on any atom is -0.482 e. The van der Waals surface area contributed by atoms with Crippen LogP contribution in [0, 0.1) is 11.3 Å². The van der Waals surface area contributed by atoms with Gasteiger partial charge in [0.1, 0.15) is 5.75 Å². The van der Waals surface area contributed by atoms with Gasteiger partial charge in [-0.25, -0.2) is 4.79 Å². The van der Waals surface area contributed by atoms with E-state index in [1.165, 1.54) is 0 Å². The van der Waals surface area contributed by atoms with Crippen LogP contribution in [0.2, 0.25) is 0 Å². The smallest absolute Gasteiger partial charge is 0.344 e. The molecule has 1 rings (SSSR count). The maximum absolute atomic E-state index is 11.4. The lowest BCUT2D eigenvalue weighted by Gasteiger charge is -2.20. The average Bonchev–Trinajstić information content (AvgIpc) is 2.41. The van der Waals surface area contributed by atoms with Crippen LogP contribution < -0.4 is 10.1 Å². The monoisotopic (exact) mass is 290 g/mol. The lowest BCUT2D eigenvalue weighted by molar-refractivity contribution is -0.150. The molecule has 0 spiro atoms. The third-order valence-corrected chi connectivity index (χ3v) is 2.22. The number of ether oxygens (including phenoxy) is 2. The summed E-state index contributed by atoms with van der Waals surface area (Å²) in [5.74, 6) is -0.553. The van der Waals surface area contributed by atoms with E-state index in [2.05, 4.69) is 5.32 Å². The first-order valence-electron chi connectivity index (χ1n) is 6.40. The number of amides is 1. The summed E-state index contributed by atoms with van der Waals surface area (Å²) < 4.78 is 9.97. The first-order chi connectivity index (χ1) is 9.80. The van der Waals surface area contributed by atoms with E-state index in [1.54, 1.807) is 24.3 Å². The Morgan fingerprint density at radius 1 is 1.19 bits per heavy atom. The molecule has 0 aromatic heterocycles. The van der Waals surface area contributed by atoms with Gasteiger partial charge >= 0.3 is 5.97 Å². The van der Waals surface area contributed by atoms with E-state index in [-0.39, 0.29) is 24.7 Å². The van der Waals surface area contributed by atoms with Gasteiger partial charge in [0.2, 0.25) is 0 Å². The van der Waals surface area contributed by atoms with E-state index in [0.717, 1.165) is 0 Å². The molecule has 0 aliphatic heterocycles. The number of nitrogens with one attached hydrogen (secondary N) is 1. The minimum absolute atomic E-state index is 0.297. The fraction of sp³-hybridized carbons (Fsp3) is 0.400. The molecule has 0 unspecified atom stereocenters. The number of esters is 1. The van der Waals surface area contributed by atoms with Crippen molar-refractivity contribution in [3.05, 3.63) is 29.8 Å². The number of nitrogens with zero attached hydrogens (tertiary/aromatic N) is 1. The Balaban J connectivity index is 2.31. The van der Waals surface area contributed by atoms with Crippen molar-refractivity contribution in [3.63, 3.8) is 0 Å². The van der Waals surface area contributed by atoms with Crippen LogP contribution in [0.5, 0.6) is 5.75 Å². The highest BCUT2D eigenvalue weighted by molar-refractivity contribution is 5.81. The zero-order chi connectivity index (χ0) is 15.9. The average molecular weight is 290 g/mol. The number of hydrogen-bond acceptors (Lipinski definition) is 5. The van der Waals surface area contributed by atoms with Crippen molar-refractivity contribution < 1.29 is 19.1 Å². The molecule has 0 radical (unpaired) electrons. The lowest BCUT2D eigenvalue weighted by Crippen LogP contribution is -2.43. The number of benzene rings is 1. The molecule has 0 heterocycles. The standard InChI is InChI=1S/C15H18N2O4/c1-15(2,3)17-13(18)9-21-14(19)10-20-12-6-4-11(8-16)5-7-12/h4-7H,9-10H2,1-3H3,(H,17,18). The molecule has 0 bridgehead atoms. The second kappa shape index (κ2) is 7.29. The molecule has 0 atom stereocenters. The molecule has 112 valence electrons. The highest BCUT2D eigenvalue weighted by Gasteiger charge is 2.15. The molecule has 0 aliphatic carbocycles. The predicted molar refractivity (Wildman–Crippen MR) is 75.5 cm³/mol. The lowest BCUT2D eigenvalue weighted by atomic mass is 10.1. The second-order valence-electron chi connectivity index (χ2n) is 5.38. The molecule has 1 aromatic carbocycles. The van der Waals surface area contributed by atoms with Crippen LogP contribution in [0.15, 0.2) is 24.3 Å². The summed E-state index contributed by atoms with van der Waals surface area (Å²) in [7, 11) is 0. The summed E-state index contributed by atoms with van der Waals surface area (Å²) in [5, 5.41) is 11.3. The molecule has 0 aliphatic rings. The molecule has 0 fully saturated rings. The van der Waals surface area contributed by atoms with E-state index in [0.29, 0.717) is 11.3 Å². The highest BCUT2D eigenvalue weighted by Crippen LogP contribution is 2.11. The molecule has 21 heavy (non-hydrogen) atoms. The van der Waals surface area contributed by atoms with E-state index >= 15 is 0 Å². The predicted octanol–water partition coefficient (Wildman–Crippen LogP) is 1.39. The molecule has 0 saturated heterocycles. The Bertz CT molecular complexity index is 538. The van der Waals surface area contributed by atoms with Crippen LogP contribution in [0.1, 0.15) is 26.3 Å². The minimum atomic E-state index is -0.636. The summed E-state index contributed by atoms with van der Waals surface area (Å²) in [6.45, 7) is 4.86. The third kappa shape index (κ3) is 6.97. The van der Waals surface area contributed by atoms with Crippen LogP contribution in [-0.2, 0) is 14.3 Å². The molecule has 1 aromatic rings. The van der Waals surface area contributed by atoms with E-state index < -0.39 is 5.97 Å². The Labute approximate surface area is 123 Å². The van der Waals surface area contributed by atoms with Gasteiger partial charge in [-0.1, -0.05) is 0 Å². The fourth-order valence-electron chi connectivity index (χ4n) is 1.41. The number of carbonyl (C=O) groups excluding carboxylic acids is 2. The Kier molecular flexibility index (Phi) is 5.73. The van der Waals surface area contributed by atoms with Crippen molar-refractivity contribution in [1.82, 2.24) is 5.32 Å². The zero-order valence-corrected chi connectivity index (χ0v) is 12.3. The van der Waals surface area contributed by atoms with E-state index in [1.807, 2.05) is 26.8 Å². The quantitative estimate of drug-likeness (QED) is 0.828. The van der Waals surface area contributed by atoms with Gasteiger partial charge in [-0.05, 0) is 45.0 Å². The number of rotatable bonds is 5. The number of carbonyl (C=O) groups is 2. The summed E-state index contributed by atoms with van der Waals surface area (Å²) in [6, 6.07) is 8.30. The molecule has 1 amide bonds. The van der Waals surface area contributed by atoms with Crippen LogP contribution >= 0.6 is 0 Å². The summed E-state index contributed by atoms with van der Waals surface area (Å²) in [5.41, 5.74) is 0.131. The van der Waals surface area contributed by atoms with Gasteiger partial charge in [-0.2, -0.15) is 5.26 Å². The first kappa shape index (κ1) is 16.5. The maximum Gasteiger partial charge on any atom is 0.344 e. The Morgan fingerprint density at radius 2 is 1.81 bits per heavy atom. The largest absolute Gasteiger partial charge is 0.482 e. The molecule has 6 heteroatoms. The molecule has 0 saturated carbocycles. The zero-order valence-electron chi connectivity index (χ0n) is 12.3. The normalized spacial score (nSPS) is 10.4. The third-order valence-electron chi connectivity index (χ3n) is 2.22. The molecule has 6 nitrogen and oxygen atoms in total. The SMILES string of the molecule is CC(C)(C)NC(=O)COC(=O)COc1ccc(C#N)cc1. The molecule has 1 N–H and O–H groups in total. The first-order valence-corrected chi connectivity index (χ1v) is 6.40. The van der Waals surface area contributed by atoms with Crippen molar-refractivity contribution >= 4 is 11.9 Å². The van der Waals surface area contributed by atoms with Crippen molar-refractivity contribution in [2.24, 2.45) is 0 Å². The molecular weight excluding hydrogens is 272 g/mol. The van der Waals surface area contributed by atoms with E-state index in [9.17, 15) is 9.59 Å². The summed E-state index contributed by atoms with van der Waals surface area (Å²) >= 11 is 0. The van der Waals surface area contributed by atoms with E-state index in [4.69, 9.17) is 14.7 Å². The fourth-order valence-corrected chi connectivity index (χ4v) is 1.41. The van der Waals surface area contributed by atoms with Crippen molar-refractivity contribution in [1.29, 1.82) is 5.26 Å². The summed E-state index contributed by atoms with van der Waals surface area (Å²) in [4.78, 5) is 22.9. The van der Waals surface area contributed by atoms with Gasteiger partial charge in [0.05, 0.1) is 11.6 Å². The second-order valence-corrected chi connectivity index (χ2v) is 5.38.